The van der Waals surface area contributed by atoms with Gasteiger partial charge in [-0.05, 0) is 38.0 Å². The van der Waals surface area contributed by atoms with Crippen molar-refractivity contribution >= 4 is 50.3 Å². The number of anilines is 2. The van der Waals surface area contributed by atoms with Crippen molar-refractivity contribution in [2.24, 2.45) is 0 Å². The smallest absolute Gasteiger partial charge is 0.228 e. The molecule has 0 radical (unpaired) electrons. The molecule has 3 aromatic heterocycles. The van der Waals surface area contributed by atoms with Crippen LogP contribution in [0.2, 0.25) is 5.02 Å². The Labute approximate surface area is 221 Å². The van der Waals surface area contributed by atoms with Crippen LogP contribution in [0.3, 0.4) is 0 Å². The molecule has 4 aromatic rings. The Morgan fingerprint density at radius 1 is 1.24 bits per heavy atom. The van der Waals surface area contributed by atoms with Gasteiger partial charge in [0, 0.05) is 42.9 Å². The molecule has 37 heavy (non-hydrogen) atoms. The van der Waals surface area contributed by atoms with Crippen molar-refractivity contribution < 1.29 is 13.9 Å². The number of ether oxygens (including phenoxy) is 1. The fourth-order valence-corrected chi connectivity index (χ4v) is 5.62. The average molecular weight is 542 g/mol. The summed E-state index contributed by atoms with van der Waals surface area (Å²) in [5, 5.41) is 5.27. The maximum absolute atomic E-state index is 15.1. The highest BCUT2D eigenvalue weighted by molar-refractivity contribution is 7.22. The second-order valence-corrected chi connectivity index (χ2v) is 11.0. The number of fused-ring (bicyclic) bond motifs is 1. The molecule has 192 valence electrons. The Balaban J connectivity index is 1.42. The number of rotatable bonds is 5. The van der Waals surface area contributed by atoms with E-state index in [0.717, 1.165) is 18.4 Å². The van der Waals surface area contributed by atoms with Crippen LogP contribution in [0, 0.1) is 5.82 Å². The van der Waals surface area contributed by atoms with E-state index in [0.29, 0.717) is 56.8 Å². The predicted octanol–water partition coefficient (Wildman–Crippen LogP) is 5.03. The maximum Gasteiger partial charge on any atom is 0.228 e. The van der Waals surface area contributed by atoms with Crippen LogP contribution in [0.15, 0.2) is 30.6 Å². The molecule has 2 fully saturated rings. The molecule has 0 spiro atoms. The highest BCUT2D eigenvalue weighted by Gasteiger charge is 2.32. The molecule has 1 aliphatic carbocycles. The number of hydrogen-bond acceptors (Lipinski definition) is 8. The van der Waals surface area contributed by atoms with Gasteiger partial charge in [-0.25, -0.2) is 9.37 Å². The average Bonchev–Trinajstić information content (AvgIpc) is 3.42. The Morgan fingerprint density at radius 3 is 2.78 bits per heavy atom. The Kier molecular flexibility index (Phi) is 6.09. The number of carbonyl (C=O) groups excluding carboxylic acids is 1. The molecule has 2 aliphatic rings. The second-order valence-electron chi connectivity index (χ2n) is 9.55. The molecule has 1 saturated carbocycles. The van der Waals surface area contributed by atoms with Crippen LogP contribution < -0.4 is 9.80 Å². The summed E-state index contributed by atoms with van der Waals surface area (Å²) in [6, 6.07) is 4.98. The Morgan fingerprint density at radius 2 is 2.05 bits per heavy atom. The minimum absolute atomic E-state index is 0.0899. The number of morpholine rings is 1. The summed E-state index contributed by atoms with van der Waals surface area (Å²) in [5.74, 6) is -0.231. The molecule has 6 rings (SSSR count). The summed E-state index contributed by atoms with van der Waals surface area (Å²) in [6.07, 6.45) is 5.93. The van der Waals surface area contributed by atoms with E-state index in [-0.39, 0.29) is 18.1 Å². The molecule has 1 amide bonds. The summed E-state index contributed by atoms with van der Waals surface area (Å²) in [4.78, 5) is 29.7. The van der Waals surface area contributed by atoms with E-state index in [1.54, 1.807) is 19.2 Å². The summed E-state index contributed by atoms with van der Waals surface area (Å²) in [6.45, 7) is 4.54. The maximum atomic E-state index is 15.1. The number of carbonyl (C=O) groups is 1. The molecule has 2 atom stereocenters. The van der Waals surface area contributed by atoms with Gasteiger partial charge < -0.3 is 9.64 Å². The fourth-order valence-electron chi connectivity index (χ4n) is 4.44. The van der Waals surface area contributed by atoms with Crippen LogP contribution in [-0.2, 0) is 9.53 Å². The zero-order valence-electron chi connectivity index (χ0n) is 20.6. The third-order valence-electron chi connectivity index (χ3n) is 6.63. The van der Waals surface area contributed by atoms with Crippen molar-refractivity contribution in [3.05, 3.63) is 47.0 Å². The SMILES string of the molecule is CC(=O)N(C)c1nc2nc(N3C[C@@H](C)O[C@H](c4cnn(C5CC5)c4)C3)nc(-c3ccc(Cl)cc3F)c2s1. The predicted molar refractivity (Wildman–Crippen MR) is 141 cm³/mol. The summed E-state index contributed by atoms with van der Waals surface area (Å²) in [7, 11) is 1.65. The molecule has 9 nitrogen and oxygen atoms in total. The van der Waals surface area contributed by atoms with E-state index < -0.39 is 5.82 Å². The van der Waals surface area contributed by atoms with Gasteiger partial charge in [-0.15, -0.1) is 0 Å². The van der Waals surface area contributed by atoms with Crippen LogP contribution in [0.5, 0.6) is 0 Å². The standard InChI is InChI=1S/C25H25ClFN7O2S/c1-13-10-33(12-20(36-13)15-9-28-34(11-15)17-5-6-17)24-29-21(18-7-4-16(26)8-19(18)27)22-23(30-24)31-25(37-22)32(3)14(2)35/h4,7-9,11,13,17,20H,5-6,10,12H2,1-3H3/t13-,20+/m1/s1. The summed E-state index contributed by atoms with van der Waals surface area (Å²) < 4.78 is 23.9. The van der Waals surface area contributed by atoms with Gasteiger partial charge in [0.1, 0.15) is 16.6 Å². The lowest BCUT2D eigenvalue weighted by atomic mass is 10.1. The molecule has 0 bridgehead atoms. The highest BCUT2D eigenvalue weighted by atomic mass is 35.5. The monoisotopic (exact) mass is 541 g/mol. The summed E-state index contributed by atoms with van der Waals surface area (Å²) in [5.41, 5.74) is 2.11. The number of amides is 1. The first-order chi connectivity index (χ1) is 17.8. The van der Waals surface area contributed by atoms with Crippen LogP contribution in [0.25, 0.3) is 21.6 Å². The zero-order valence-corrected chi connectivity index (χ0v) is 22.1. The quantitative estimate of drug-likeness (QED) is 0.350. The van der Waals surface area contributed by atoms with Crippen molar-refractivity contribution in [1.82, 2.24) is 24.7 Å². The van der Waals surface area contributed by atoms with Gasteiger partial charge in [-0.2, -0.15) is 15.1 Å². The Hall–Kier alpha value is -3.15. The number of halogens is 2. The molecule has 1 saturated heterocycles. The lowest BCUT2D eigenvalue weighted by molar-refractivity contribution is -0.116. The third kappa shape index (κ3) is 4.67. The van der Waals surface area contributed by atoms with E-state index in [9.17, 15) is 4.79 Å². The van der Waals surface area contributed by atoms with Crippen molar-refractivity contribution in [2.45, 2.75) is 44.9 Å². The van der Waals surface area contributed by atoms with Gasteiger partial charge in [-0.3, -0.25) is 14.4 Å². The minimum atomic E-state index is -0.492. The number of aromatic nitrogens is 5. The first kappa shape index (κ1) is 24.2. The van der Waals surface area contributed by atoms with E-state index in [2.05, 4.69) is 16.3 Å². The van der Waals surface area contributed by atoms with Crippen LogP contribution in [0.1, 0.15) is 44.4 Å². The van der Waals surface area contributed by atoms with Gasteiger partial charge in [0.15, 0.2) is 10.8 Å². The normalized spacial score (nSPS) is 20.0. The van der Waals surface area contributed by atoms with E-state index >= 15 is 4.39 Å². The topological polar surface area (TPSA) is 89.3 Å². The van der Waals surface area contributed by atoms with E-state index in [1.807, 2.05) is 22.7 Å². The first-order valence-electron chi connectivity index (χ1n) is 12.1. The molecular weight excluding hydrogens is 517 g/mol. The molecular formula is C25H25ClFN7O2S. The number of thiazole rings is 1. The van der Waals surface area contributed by atoms with Crippen molar-refractivity contribution in [3.8, 4) is 11.3 Å². The molecule has 0 N–H and O–H groups in total. The van der Waals surface area contributed by atoms with Gasteiger partial charge in [0.25, 0.3) is 0 Å². The van der Waals surface area contributed by atoms with Crippen LogP contribution >= 0.6 is 22.9 Å². The lowest BCUT2D eigenvalue weighted by Crippen LogP contribution is -2.43. The minimum Gasteiger partial charge on any atom is -0.367 e. The van der Waals surface area contributed by atoms with Gasteiger partial charge in [0.05, 0.1) is 30.6 Å². The Bertz CT molecular complexity index is 1500. The lowest BCUT2D eigenvalue weighted by Gasteiger charge is -2.36. The molecule has 4 heterocycles. The van der Waals surface area contributed by atoms with Crippen molar-refractivity contribution in [3.63, 3.8) is 0 Å². The largest absolute Gasteiger partial charge is 0.367 e. The molecule has 1 aliphatic heterocycles. The van der Waals surface area contributed by atoms with E-state index in [1.165, 1.54) is 29.2 Å². The fraction of sp³-hybridized carbons (Fsp3) is 0.400. The number of benzene rings is 1. The third-order valence-corrected chi connectivity index (χ3v) is 8.00. The van der Waals surface area contributed by atoms with Gasteiger partial charge in [-0.1, -0.05) is 22.9 Å². The van der Waals surface area contributed by atoms with Crippen LogP contribution in [0.4, 0.5) is 15.5 Å². The second kappa shape index (κ2) is 9.30. The van der Waals surface area contributed by atoms with Crippen molar-refractivity contribution in [2.75, 3.05) is 29.9 Å². The van der Waals surface area contributed by atoms with E-state index in [4.69, 9.17) is 26.3 Å². The molecule has 1 aromatic carbocycles. The first-order valence-corrected chi connectivity index (χ1v) is 13.3. The van der Waals surface area contributed by atoms with Crippen molar-refractivity contribution in [1.29, 1.82) is 0 Å². The van der Waals surface area contributed by atoms with Crippen LogP contribution in [-0.4, -0.2) is 56.9 Å². The number of hydrogen-bond donors (Lipinski definition) is 0. The summed E-state index contributed by atoms with van der Waals surface area (Å²) >= 11 is 7.26. The zero-order chi connectivity index (χ0) is 25.8. The highest BCUT2D eigenvalue weighted by Crippen LogP contribution is 2.39. The van der Waals surface area contributed by atoms with Gasteiger partial charge in [0.2, 0.25) is 11.9 Å². The number of nitrogens with zero attached hydrogens (tertiary/aromatic N) is 7. The molecule has 0 unspecified atom stereocenters. The van der Waals surface area contributed by atoms with Gasteiger partial charge >= 0.3 is 0 Å². The molecule has 12 heteroatoms.